The van der Waals surface area contributed by atoms with Gasteiger partial charge in [0.15, 0.2) is 0 Å². The molecule has 3 aromatic carbocycles. The quantitative estimate of drug-likeness (QED) is 0.257. The number of ether oxygens (including phenoxy) is 1. The average Bonchev–Trinajstić information content (AvgIpc) is 2.88. The second-order valence-electron chi connectivity index (χ2n) is 8.16. The Morgan fingerprint density at radius 1 is 0.806 bits per heavy atom. The molecule has 4 aromatic rings. The van der Waals surface area contributed by atoms with E-state index in [4.69, 9.17) is 4.74 Å². The van der Waals surface area contributed by atoms with Crippen molar-refractivity contribution in [3.05, 3.63) is 131 Å². The number of benzene rings is 3. The fraction of sp³-hybridized carbons (Fsp3) is 0.143. The second-order valence-corrected chi connectivity index (χ2v) is 8.16. The van der Waals surface area contributed by atoms with Gasteiger partial charge >= 0.3 is 6.18 Å². The van der Waals surface area contributed by atoms with E-state index in [2.05, 4.69) is 4.98 Å². The molecule has 0 atom stereocenters. The van der Waals surface area contributed by atoms with Gasteiger partial charge in [-0.05, 0) is 71.3 Å². The van der Waals surface area contributed by atoms with Gasteiger partial charge in [0.05, 0.1) is 5.56 Å². The molecule has 1 aromatic heterocycles. The first-order valence-electron chi connectivity index (χ1n) is 11.1. The van der Waals surface area contributed by atoms with Gasteiger partial charge in [0.1, 0.15) is 18.2 Å². The van der Waals surface area contributed by atoms with Crippen molar-refractivity contribution in [2.24, 2.45) is 0 Å². The summed E-state index contributed by atoms with van der Waals surface area (Å²) in [6.45, 7) is 0.739. The fourth-order valence-electron chi connectivity index (χ4n) is 3.55. The summed E-state index contributed by atoms with van der Waals surface area (Å²) in [6, 6.07) is 21.0. The summed E-state index contributed by atoms with van der Waals surface area (Å²) in [5.41, 5.74) is 1.77. The summed E-state index contributed by atoms with van der Waals surface area (Å²) >= 11 is 0. The summed E-state index contributed by atoms with van der Waals surface area (Å²) in [6.07, 6.45) is -1.22. The minimum absolute atomic E-state index is 0.158. The zero-order chi connectivity index (χ0) is 25.5. The summed E-state index contributed by atoms with van der Waals surface area (Å²) in [5.74, 6) is -0.107. The highest BCUT2D eigenvalue weighted by atomic mass is 19.4. The third-order valence-electron chi connectivity index (χ3n) is 5.46. The topological polar surface area (TPSA) is 42.4 Å². The Labute approximate surface area is 205 Å². The normalized spacial score (nSPS) is 11.2. The number of amides is 1. The van der Waals surface area contributed by atoms with E-state index >= 15 is 0 Å². The Morgan fingerprint density at radius 2 is 1.44 bits per heavy atom. The van der Waals surface area contributed by atoms with E-state index in [0.29, 0.717) is 5.75 Å². The van der Waals surface area contributed by atoms with E-state index in [1.54, 1.807) is 47.6 Å². The number of carbonyl (C=O) groups is 1. The molecule has 0 N–H and O–H groups in total. The number of nitrogens with zero attached hydrogens (tertiary/aromatic N) is 2. The number of halogens is 4. The van der Waals surface area contributed by atoms with E-state index in [1.807, 2.05) is 18.2 Å². The van der Waals surface area contributed by atoms with Crippen molar-refractivity contribution in [1.82, 2.24) is 9.88 Å². The maximum Gasteiger partial charge on any atom is 0.416 e. The highest BCUT2D eigenvalue weighted by molar-refractivity contribution is 5.94. The molecule has 4 rings (SSSR count). The molecule has 0 unspecified atom stereocenters. The first-order chi connectivity index (χ1) is 17.3. The first kappa shape index (κ1) is 24.9. The van der Waals surface area contributed by atoms with E-state index in [9.17, 15) is 22.4 Å². The lowest BCUT2D eigenvalue weighted by molar-refractivity contribution is -0.137. The SMILES string of the molecule is O=C(c1ccc(C(F)(F)F)cc1)N(Cc1ccc(OCc2ccc(F)cc2)cc1)Cc1cccnc1. The van der Waals surface area contributed by atoms with Crippen LogP contribution in [-0.2, 0) is 25.9 Å². The van der Waals surface area contributed by atoms with Crippen LogP contribution in [0, 0.1) is 5.82 Å². The standard InChI is InChI=1S/C28H22F4N2O2/c29-25-11-3-21(4-12-25)19-36-26-13-5-20(6-14-26)17-34(18-22-2-1-15-33-16-22)27(35)23-7-9-24(10-8-23)28(30,31)32/h1-16H,17-19H2. The second kappa shape index (κ2) is 11.0. The molecule has 1 amide bonds. The summed E-state index contributed by atoms with van der Waals surface area (Å²) < 4.78 is 57.6. The van der Waals surface area contributed by atoms with Crippen LogP contribution in [0.25, 0.3) is 0 Å². The van der Waals surface area contributed by atoms with Crippen LogP contribution in [-0.4, -0.2) is 15.8 Å². The average molecular weight is 494 g/mol. The van der Waals surface area contributed by atoms with Crippen molar-refractivity contribution in [1.29, 1.82) is 0 Å². The molecule has 36 heavy (non-hydrogen) atoms. The monoisotopic (exact) mass is 494 g/mol. The Morgan fingerprint density at radius 3 is 2.06 bits per heavy atom. The van der Waals surface area contributed by atoms with Crippen LogP contribution in [0.3, 0.4) is 0 Å². The first-order valence-corrected chi connectivity index (χ1v) is 11.1. The molecule has 184 valence electrons. The summed E-state index contributed by atoms with van der Waals surface area (Å²) in [7, 11) is 0. The molecule has 0 saturated carbocycles. The maximum absolute atomic E-state index is 13.2. The van der Waals surface area contributed by atoms with Gasteiger partial charge in [-0.2, -0.15) is 13.2 Å². The molecule has 0 saturated heterocycles. The summed E-state index contributed by atoms with van der Waals surface area (Å²) in [5, 5.41) is 0. The molecule has 0 aliphatic rings. The van der Waals surface area contributed by atoms with Gasteiger partial charge in [0.25, 0.3) is 5.91 Å². The van der Waals surface area contributed by atoms with Crippen molar-refractivity contribution in [3.63, 3.8) is 0 Å². The molecule has 0 aliphatic heterocycles. The molecule has 1 heterocycles. The maximum atomic E-state index is 13.2. The third kappa shape index (κ3) is 6.69. The zero-order valence-electron chi connectivity index (χ0n) is 19.1. The lowest BCUT2D eigenvalue weighted by Gasteiger charge is -2.23. The van der Waals surface area contributed by atoms with Gasteiger partial charge in [-0.1, -0.05) is 30.3 Å². The van der Waals surface area contributed by atoms with Crippen molar-refractivity contribution < 1.29 is 27.1 Å². The summed E-state index contributed by atoms with van der Waals surface area (Å²) in [4.78, 5) is 18.9. The number of carbonyl (C=O) groups excluding carboxylic acids is 1. The Balaban J connectivity index is 1.48. The predicted molar refractivity (Wildman–Crippen MR) is 126 cm³/mol. The highest BCUT2D eigenvalue weighted by Gasteiger charge is 2.30. The van der Waals surface area contributed by atoms with Crippen LogP contribution < -0.4 is 4.74 Å². The predicted octanol–water partition coefficient (Wildman–Crippen LogP) is 6.66. The molecule has 0 bridgehead atoms. The van der Waals surface area contributed by atoms with Crippen molar-refractivity contribution in [2.45, 2.75) is 25.9 Å². The van der Waals surface area contributed by atoms with Crippen molar-refractivity contribution in [2.75, 3.05) is 0 Å². The van der Waals surface area contributed by atoms with Gasteiger partial charge in [0, 0.05) is 31.0 Å². The van der Waals surface area contributed by atoms with Crippen LogP contribution in [0.2, 0.25) is 0 Å². The van der Waals surface area contributed by atoms with Gasteiger partial charge < -0.3 is 9.64 Å². The van der Waals surface area contributed by atoms with Gasteiger partial charge in [-0.3, -0.25) is 9.78 Å². The Bertz CT molecular complexity index is 1270. The van der Waals surface area contributed by atoms with Gasteiger partial charge in [-0.15, -0.1) is 0 Å². The van der Waals surface area contributed by atoms with E-state index in [1.165, 1.54) is 24.3 Å². The minimum Gasteiger partial charge on any atom is -0.489 e. The molecule has 0 radical (unpaired) electrons. The van der Waals surface area contributed by atoms with Crippen LogP contribution >= 0.6 is 0 Å². The molecule has 4 nitrogen and oxygen atoms in total. The smallest absolute Gasteiger partial charge is 0.416 e. The largest absolute Gasteiger partial charge is 0.489 e. The van der Waals surface area contributed by atoms with Crippen molar-refractivity contribution >= 4 is 5.91 Å². The zero-order valence-corrected chi connectivity index (χ0v) is 19.1. The number of hydrogen-bond acceptors (Lipinski definition) is 3. The van der Waals surface area contributed by atoms with Crippen LogP contribution in [0.15, 0.2) is 97.3 Å². The molecular formula is C28H22F4N2O2. The van der Waals surface area contributed by atoms with Crippen LogP contribution in [0.4, 0.5) is 17.6 Å². The number of alkyl halides is 3. The number of pyridine rings is 1. The molecule has 8 heteroatoms. The fourth-order valence-corrected chi connectivity index (χ4v) is 3.55. The van der Waals surface area contributed by atoms with Gasteiger partial charge in [0.2, 0.25) is 0 Å². The molecular weight excluding hydrogens is 472 g/mol. The van der Waals surface area contributed by atoms with Crippen molar-refractivity contribution in [3.8, 4) is 5.75 Å². The Kier molecular flexibility index (Phi) is 7.63. The van der Waals surface area contributed by atoms with Crippen LogP contribution in [0.5, 0.6) is 5.75 Å². The minimum atomic E-state index is -4.47. The van der Waals surface area contributed by atoms with E-state index in [0.717, 1.165) is 28.8 Å². The number of rotatable bonds is 8. The van der Waals surface area contributed by atoms with Crippen LogP contribution in [0.1, 0.15) is 32.6 Å². The van der Waals surface area contributed by atoms with E-state index in [-0.39, 0.29) is 31.1 Å². The molecule has 0 spiro atoms. The Hall–Kier alpha value is -4.20. The number of aromatic nitrogens is 1. The van der Waals surface area contributed by atoms with Gasteiger partial charge in [-0.25, -0.2) is 4.39 Å². The van der Waals surface area contributed by atoms with E-state index < -0.39 is 17.6 Å². The molecule has 0 fully saturated rings. The third-order valence-corrected chi connectivity index (χ3v) is 5.46. The number of hydrogen-bond donors (Lipinski definition) is 0. The lowest BCUT2D eigenvalue weighted by atomic mass is 10.1. The highest BCUT2D eigenvalue weighted by Crippen LogP contribution is 2.29. The lowest BCUT2D eigenvalue weighted by Crippen LogP contribution is -2.30. The molecule has 0 aliphatic carbocycles.